The summed E-state index contributed by atoms with van der Waals surface area (Å²) in [7, 11) is 3.36. The average molecular weight is 223 g/mol. The van der Waals surface area contributed by atoms with Crippen LogP contribution in [0.15, 0.2) is 24.3 Å². The molecule has 0 spiro atoms. The van der Waals surface area contributed by atoms with E-state index in [1.165, 1.54) is 11.1 Å². The molecule has 0 saturated carbocycles. The zero-order valence-electron chi connectivity index (χ0n) is 10.5. The van der Waals surface area contributed by atoms with Gasteiger partial charge in [-0.15, -0.1) is 0 Å². The van der Waals surface area contributed by atoms with Gasteiger partial charge in [0.1, 0.15) is 0 Å². The second kappa shape index (κ2) is 5.99. The molecular formula is C13H21NO2. The molecule has 16 heavy (non-hydrogen) atoms. The van der Waals surface area contributed by atoms with Gasteiger partial charge in [0.05, 0.1) is 13.7 Å². The molecule has 0 saturated heterocycles. The largest absolute Gasteiger partial charge is 0.384 e. The quantitative estimate of drug-likeness (QED) is 0.750. The maximum Gasteiger partial charge on any atom is 0.0572 e. The molecule has 3 heteroatoms. The minimum absolute atomic E-state index is 0.0146. The van der Waals surface area contributed by atoms with Crippen molar-refractivity contribution in [1.82, 2.24) is 5.48 Å². The van der Waals surface area contributed by atoms with Gasteiger partial charge in [0, 0.05) is 19.1 Å². The highest BCUT2D eigenvalue weighted by Crippen LogP contribution is 2.26. The molecule has 90 valence electrons. The second-order valence-electron chi connectivity index (χ2n) is 4.50. The molecule has 0 radical (unpaired) electrons. The number of hydrogen-bond donors (Lipinski definition) is 1. The average Bonchev–Trinajstić information content (AvgIpc) is 2.26. The summed E-state index contributed by atoms with van der Waals surface area (Å²) in [4.78, 5) is 4.89. The summed E-state index contributed by atoms with van der Waals surface area (Å²) in [5, 5.41) is 0. The van der Waals surface area contributed by atoms with Gasteiger partial charge >= 0.3 is 0 Å². The number of nitrogens with one attached hydrogen (secondary N) is 1. The van der Waals surface area contributed by atoms with Crippen molar-refractivity contribution < 1.29 is 9.57 Å². The first-order valence-corrected chi connectivity index (χ1v) is 5.45. The van der Waals surface area contributed by atoms with E-state index in [9.17, 15) is 0 Å². The van der Waals surface area contributed by atoms with Gasteiger partial charge in [-0.3, -0.25) is 0 Å². The molecule has 1 aromatic rings. The first-order valence-electron chi connectivity index (χ1n) is 5.45. The highest BCUT2D eigenvalue weighted by atomic mass is 16.6. The van der Waals surface area contributed by atoms with Crippen LogP contribution in [0.4, 0.5) is 0 Å². The maximum absolute atomic E-state index is 5.27. The summed E-state index contributed by atoms with van der Waals surface area (Å²) in [6, 6.07) is 8.35. The van der Waals surface area contributed by atoms with E-state index in [1.54, 1.807) is 14.2 Å². The Bertz CT molecular complexity index is 323. The summed E-state index contributed by atoms with van der Waals surface area (Å²) in [5.74, 6) is 0. The van der Waals surface area contributed by atoms with Gasteiger partial charge in [0.2, 0.25) is 0 Å². The van der Waals surface area contributed by atoms with E-state index in [1.807, 2.05) is 6.07 Å². The monoisotopic (exact) mass is 223 g/mol. The van der Waals surface area contributed by atoms with Crippen molar-refractivity contribution in [2.75, 3.05) is 20.8 Å². The van der Waals surface area contributed by atoms with E-state index in [0.29, 0.717) is 13.2 Å². The van der Waals surface area contributed by atoms with E-state index in [-0.39, 0.29) is 5.41 Å². The van der Waals surface area contributed by atoms with Crippen LogP contribution < -0.4 is 5.48 Å². The van der Waals surface area contributed by atoms with E-state index in [4.69, 9.17) is 9.57 Å². The van der Waals surface area contributed by atoms with Gasteiger partial charge in [-0.1, -0.05) is 38.1 Å². The van der Waals surface area contributed by atoms with Gasteiger partial charge in [-0.25, -0.2) is 0 Å². The minimum Gasteiger partial charge on any atom is -0.384 e. The van der Waals surface area contributed by atoms with E-state index < -0.39 is 0 Å². The van der Waals surface area contributed by atoms with Gasteiger partial charge in [-0.2, -0.15) is 5.48 Å². The van der Waals surface area contributed by atoms with Gasteiger partial charge < -0.3 is 9.57 Å². The van der Waals surface area contributed by atoms with Crippen molar-refractivity contribution in [3.05, 3.63) is 35.4 Å². The van der Waals surface area contributed by atoms with Crippen LogP contribution in [0.2, 0.25) is 0 Å². The highest BCUT2D eigenvalue weighted by Gasteiger charge is 2.22. The molecule has 1 aromatic carbocycles. The molecule has 0 amide bonds. The van der Waals surface area contributed by atoms with Crippen molar-refractivity contribution in [3.63, 3.8) is 0 Å². The number of ether oxygens (including phenoxy) is 1. The zero-order chi connectivity index (χ0) is 12.0. The standard InChI is InChI=1S/C13H21NO2/c1-13(2,10-15-3)12-8-6-5-7-11(12)9-14-16-4/h5-8,14H,9-10H2,1-4H3. The van der Waals surface area contributed by atoms with Crippen LogP contribution in [0.25, 0.3) is 0 Å². The first kappa shape index (κ1) is 13.2. The van der Waals surface area contributed by atoms with Crippen LogP contribution in [0.5, 0.6) is 0 Å². The molecule has 0 atom stereocenters. The SMILES string of the molecule is COCC(C)(C)c1ccccc1CNOC. The third-order valence-corrected chi connectivity index (χ3v) is 2.66. The number of benzene rings is 1. The van der Waals surface area contributed by atoms with Crippen LogP contribution in [0.3, 0.4) is 0 Å². The van der Waals surface area contributed by atoms with Crippen LogP contribution in [0.1, 0.15) is 25.0 Å². The summed E-state index contributed by atoms with van der Waals surface area (Å²) in [6.07, 6.45) is 0. The van der Waals surface area contributed by atoms with Gasteiger partial charge in [0.25, 0.3) is 0 Å². The van der Waals surface area contributed by atoms with Crippen LogP contribution in [-0.2, 0) is 21.5 Å². The molecule has 0 aromatic heterocycles. The topological polar surface area (TPSA) is 30.5 Å². The van der Waals surface area contributed by atoms with Crippen molar-refractivity contribution in [2.45, 2.75) is 25.8 Å². The lowest BCUT2D eigenvalue weighted by Gasteiger charge is -2.27. The Hall–Kier alpha value is -0.900. The molecule has 1 rings (SSSR count). The number of rotatable bonds is 6. The summed E-state index contributed by atoms with van der Waals surface area (Å²) < 4.78 is 5.27. The highest BCUT2D eigenvalue weighted by molar-refractivity contribution is 5.33. The molecule has 0 aliphatic carbocycles. The predicted molar refractivity (Wildman–Crippen MR) is 65.2 cm³/mol. The van der Waals surface area contributed by atoms with Gasteiger partial charge in [0.15, 0.2) is 0 Å². The summed E-state index contributed by atoms with van der Waals surface area (Å²) >= 11 is 0. The fraction of sp³-hybridized carbons (Fsp3) is 0.538. The molecular weight excluding hydrogens is 202 g/mol. The van der Waals surface area contributed by atoms with E-state index in [0.717, 1.165) is 0 Å². The molecule has 3 nitrogen and oxygen atoms in total. The third kappa shape index (κ3) is 3.30. The lowest BCUT2D eigenvalue weighted by Crippen LogP contribution is -2.26. The minimum atomic E-state index is 0.0146. The van der Waals surface area contributed by atoms with E-state index >= 15 is 0 Å². The maximum atomic E-state index is 5.27. The van der Waals surface area contributed by atoms with Crippen LogP contribution in [0, 0.1) is 0 Å². The summed E-state index contributed by atoms with van der Waals surface area (Å²) in [5.41, 5.74) is 5.43. The fourth-order valence-corrected chi connectivity index (χ4v) is 1.92. The van der Waals surface area contributed by atoms with Crippen molar-refractivity contribution in [1.29, 1.82) is 0 Å². The zero-order valence-corrected chi connectivity index (χ0v) is 10.5. The number of methoxy groups -OCH3 is 1. The van der Waals surface area contributed by atoms with Crippen molar-refractivity contribution >= 4 is 0 Å². The molecule has 0 aliphatic heterocycles. The predicted octanol–water partition coefficient (Wildman–Crippen LogP) is 2.26. The molecule has 0 heterocycles. The fourth-order valence-electron chi connectivity index (χ4n) is 1.92. The molecule has 0 fully saturated rings. The number of hydroxylamine groups is 1. The molecule has 0 unspecified atom stereocenters. The van der Waals surface area contributed by atoms with Crippen molar-refractivity contribution in [2.24, 2.45) is 0 Å². The normalized spacial score (nSPS) is 11.8. The Morgan fingerprint density at radius 3 is 2.50 bits per heavy atom. The molecule has 0 bridgehead atoms. The Morgan fingerprint density at radius 2 is 1.88 bits per heavy atom. The number of hydrogen-bond acceptors (Lipinski definition) is 3. The Morgan fingerprint density at radius 1 is 1.19 bits per heavy atom. The second-order valence-corrected chi connectivity index (χ2v) is 4.50. The third-order valence-electron chi connectivity index (χ3n) is 2.66. The Balaban J connectivity index is 2.93. The molecule has 1 N–H and O–H groups in total. The smallest absolute Gasteiger partial charge is 0.0572 e. The van der Waals surface area contributed by atoms with Crippen LogP contribution in [-0.4, -0.2) is 20.8 Å². The van der Waals surface area contributed by atoms with Gasteiger partial charge in [-0.05, 0) is 11.1 Å². The lowest BCUT2D eigenvalue weighted by atomic mass is 9.82. The van der Waals surface area contributed by atoms with Crippen molar-refractivity contribution in [3.8, 4) is 0 Å². The van der Waals surface area contributed by atoms with E-state index in [2.05, 4.69) is 37.5 Å². The lowest BCUT2D eigenvalue weighted by molar-refractivity contribution is 0.0857. The summed E-state index contributed by atoms with van der Waals surface area (Å²) in [6.45, 7) is 5.78. The Labute approximate surface area is 97.7 Å². The molecule has 0 aliphatic rings. The Kier molecular flexibility index (Phi) is 4.93. The first-order chi connectivity index (χ1) is 7.61. The van der Waals surface area contributed by atoms with Crippen LogP contribution >= 0.6 is 0 Å².